The molecule has 106 valence electrons. The van der Waals surface area contributed by atoms with E-state index in [9.17, 15) is 0 Å². The minimum absolute atomic E-state index is 0.736. The highest BCUT2D eigenvalue weighted by molar-refractivity contribution is 4.97. The van der Waals surface area contributed by atoms with Crippen LogP contribution in [0, 0.1) is 23.2 Å². The van der Waals surface area contributed by atoms with Crippen molar-refractivity contribution in [2.24, 2.45) is 23.2 Å². The highest BCUT2D eigenvalue weighted by Crippen LogP contribution is 2.51. The first-order valence-electron chi connectivity index (χ1n) is 8.27. The van der Waals surface area contributed by atoms with E-state index in [1.54, 1.807) is 0 Å². The van der Waals surface area contributed by atoms with Gasteiger partial charge in [-0.05, 0) is 68.4 Å². The molecular weight excluding hydrogens is 218 g/mol. The van der Waals surface area contributed by atoms with Gasteiger partial charge in [-0.2, -0.15) is 0 Å². The molecule has 1 heterocycles. The third kappa shape index (κ3) is 3.73. The smallest absolute Gasteiger partial charge is 0.00381 e. The molecule has 1 heteroatoms. The van der Waals surface area contributed by atoms with Crippen LogP contribution in [0.2, 0.25) is 0 Å². The Bertz CT molecular complexity index is 246. The standard InChI is InChI=1S/C17H33N/c1-5-15(4)12-17(8-9-17)13-18-10-6-16(7-11-18)14(2)3/h14-16H,5-13H2,1-4H3. The van der Waals surface area contributed by atoms with Gasteiger partial charge in [-0.25, -0.2) is 0 Å². The van der Waals surface area contributed by atoms with Crippen LogP contribution in [0.4, 0.5) is 0 Å². The van der Waals surface area contributed by atoms with Crippen molar-refractivity contribution in [1.29, 1.82) is 0 Å². The molecule has 2 rings (SSSR count). The lowest BCUT2D eigenvalue weighted by molar-refractivity contribution is 0.125. The maximum atomic E-state index is 2.77. The lowest BCUT2D eigenvalue weighted by atomic mass is 9.85. The summed E-state index contributed by atoms with van der Waals surface area (Å²) in [7, 11) is 0. The molecule has 1 aliphatic heterocycles. The average molecular weight is 251 g/mol. The van der Waals surface area contributed by atoms with Gasteiger partial charge in [0.1, 0.15) is 0 Å². The first-order chi connectivity index (χ1) is 8.54. The Hall–Kier alpha value is -0.0400. The summed E-state index contributed by atoms with van der Waals surface area (Å²) in [5.41, 5.74) is 0.736. The lowest BCUT2D eigenvalue weighted by Crippen LogP contribution is -2.39. The molecule has 1 nitrogen and oxygen atoms in total. The highest BCUT2D eigenvalue weighted by Gasteiger charge is 2.44. The van der Waals surface area contributed by atoms with E-state index in [0.29, 0.717) is 0 Å². The Balaban J connectivity index is 1.74. The van der Waals surface area contributed by atoms with E-state index in [2.05, 4.69) is 32.6 Å². The number of rotatable bonds is 6. The van der Waals surface area contributed by atoms with Crippen molar-refractivity contribution in [3.63, 3.8) is 0 Å². The summed E-state index contributed by atoms with van der Waals surface area (Å²) in [4.78, 5) is 2.77. The van der Waals surface area contributed by atoms with Gasteiger partial charge in [0.15, 0.2) is 0 Å². The zero-order valence-corrected chi connectivity index (χ0v) is 13.0. The predicted molar refractivity (Wildman–Crippen MR) is 79.7 cm³/mol. The number of hydrogen-bond acceptors (Lipinski definition) is 1. The minimum Gasteiger partial charge on any atom is -0.303 e. The van der Waals surface area contributed by atoms with Gasteiger partial charge in [0.05, 0.1) is 0 Å². The first-order valence-corrected chi connectivity index (χ1v) is 8.27. The molecule has 18 heavy (non-hydrogen) atoms. The van der Waals surface area contributed by atoms with Gasteiger partial charge < -0.3 is 4.90 Å². The first kappa shape index (κ1) is 14.4. The van der Waals surface area contributed by atoms with Gasteiger partial charge in [-0.1, -0.05) is 34.1 Å². The van der Waals surface area contributed by atoms with Gasteiger partial charge in [0, 0.05) is 6.54 Å². The fourth-order valence-electron chi connectivity index (χ4n) is 3.74. The molecule has 0 spiro atoms. The normalized spacial score (nSPS) is 26.5. The van der Waals surface area contributed by atoms with E-state index < -0.39 is 0 Å². The molecular formula is C17H33N. The Kier molecular flexibility index (Phi) is 4.75. The van der Waals surface area contributed by atoms with Crippen molar-refractivity contribution in [3.05, 3.63) is 0 Å². The molecule has 2 fully saturated rings. The minimum atomic E-state index is 0.736. The number of piperidine rings is 1. The van der Waals surface area contributed by atoms with E-state index >= 15 is 0 Å². The monoisotopic (exact) mass is 251 g/mol. The van der Waals surface area contributed by atoms with E-state index in [0.717, 1.165) is 23.2 Å². The van der Waals surface area contributed by atoms with Gasteiger partial charge in [0.2, 0.25) is 0 Å². The Morgan fingerprint density at radius 3 is 2.17 bits per heavy atom. The van der Waals surface area contributed by atoms with Gasteiger partial charge in [-0.3, -0.25) is 0 Å². The SMILES string of the molecule is CCC(C)CC1(CN2CCC(C(C)C)CC2)CC1. The maximum Gasteiger partial charge on any atom is 0.00381 e. The van der Waals surface area contributed by atoms with Crippen LogP contribution in [0.5, 0.6) is 0 Å². The molecule has 0 radical (unpaired) electrons. The van der Waals surface area contributed by atoms with Crippen molar-refractivity contribution in [2.45, 2.75) is 66.2 Å². The average Bonchev–Trinajstić information content (AvgIpc) is 3.09. The molecule has 2 aliphatic rings. The number of nitrogens with zero attached hydrogens (tertiary/aromatic N) is 1. The third-order valence-electron chi connectivity index (χ3n) is 5.57. The van der Waals surface area contributed by atoms with Crippen molar-refractivity contribution >= 4 is 0 Å². The second-order valence-corrected chi connectivity index (χ2v) is 7.58. The van der Waals surface area contributed by atoms with Crippen LogP contribution >= 0.6 is 0 Å². The highest BCUT2D eigenvalue weighted by atomic mass is 15.1. The molecule has 0 aromatic rings. The Labute approximate surface area is 114 Å². The quantitative estimate of drug-likeness (QED) is 0.668. The molecule has 1 saturated carbocycles. The topological polar surface area (TPSA) is 3.24 Å². The Morgan fingerprint density at radius 1 is 1.11 bits per heavy atom. The van der Waals surface area contributed by atoms with E-state index in [1.807, 2.05) is 0 Å². The summed E-state index contributed by atoms with van der Waals surface area (Å²) in [6, 6.07) is 0. The molecule has 0 N–H and O–H groups in total. The van der Waals surface area contributed by atoms with Gasteiger partial charge >= 0.3 is 0 Å². The molecule has 1 aliphatic carbocycles. The van der Waals surface area contributed by atoms with Crippen molar-refractivity contribution < 1.29 is 0 Å². The third-order valence-corrected chi connectivity index (χ3v) is 5.57. The predicted octanol–water partition coefficient (Wildman–Crippen LogP) is 4.57. The van der Waals surface area contributed by atoms with Crippen LogP contribution < -0.4 is 0 Å². The summed E-state index contributed by atoms with van der Waals surface area (Å²) in [6.45, 7) is 13.7. The lowest BCUT2D eigenvalue weighted by Gasteiger charge is -2.36. The zero-order chi connectivity index (χ0) is 13.2. The number of hydrogen-bond donors (Lipinski definition) is 0. The van der Waals surface area contributed by atoms with Crippen LogP contribution in [-0.4, -0.2) is 24.5 Å². The molecule has 0 aromatic heterocycles. The van der Waals surface area contributed by atoms with Crippen LogP contribution in [0.1, 0.15) is 66.2 Å². The van der Waals surface area contributed by atoms with Crippen LogP contribution in [0.15, 0.2) is 0 Å². The zero-order valence-electron chi connectivity index (χ0n) is 13.0. The summed E-state index contributed by atoms with van der Waals surface area (Å²) in [5.74, 6) is 2.81. The fraction of sp³-hybridized carbons (Fsp3) is 1.00. The van der Waals surface area contributed by atoms with Crippen molar-refractivity contribution in [1.82, 2.24) is 4.90 Å². The van der Waals surface area contributed by atoms with Gasteiger partial charge in [0.25, 0.3) is 0 Å². The maximum absolute atomic E-state index is 2.77. The second-order valence-electron chi connectivity index (χ2n) is 7.58. The van der Waals surface area contributed by atoms with E-state index in [1.165, 1.54) is 58.2 Å². The van der Waals surface area contributed by atoms with Crippen molar-refractivity contribution in [3.8, 4) is 0 Å². The van der Waals surface area contributed by atoms with Crippen molar-refractivity contribution in [2.75, 3.05) is 19.6 Å². The summed E-state index contributed by atoms with van der Waals surface area (Å²) < 4.78 is 0. The summed E-state index contributed by atoms with van der Waals surface area (Å²) in [5, 5.41) is 0. The molecule has 1 unspecified atom stereocenters. The fourth-order valence-corrected chi connectivity index (χ4v) is 3.74. The second kappa shape index (κ2) is 5.94. The number of likely N-dealkylation sites (tertiary alicyclic amines) is 1. The van der Waals surface area contributed by atoms with Crippen LogP contribution in [0.25, 0.3) is 0 Å². The molecule has 0 bridgehead atoms. The van der Waals surface area contributed by atoms with Crippen LogP contribution in [0.3, 0.4) is 0 Å². The van der Waals surface area contributed by atoms with Crippen LogP contribution in [-0.2, 0) is 0 Å². The summed E-state index contributed by atoms with van der Waals surface area (Å²) in [6.07, 6.45) is 8.72. The molecule has 0 amide bonds. The largest absolute Gasteiger partial charge is 0.303 e. The van der Waals surface area contributed by atoms with E-state index in [4.69, 9.17) is 0 Å². The molecule has 0 aromatic carbocycles. The van der Waals surface area contributed by atoms with Gasteiger partial charge in [-0.15, -0.1) is 0 Å². The Morgan fingerprint density at radius 2 is 1.72 bits per heavy atom. The summed E-state index contributed by atoms with van der Waals surface area (Å²) >= 11 is 0. The van der Waals surface area contributed by atoms with E-state index in [-0.39, 0.29) is 0 Å². The molecule has 1 saturated heterocycles. The molecule has 1 atom stereocenters.